The van der Waals surface area contributed by atoms with Crippen LogP contribution in [0.4, 0.5) is 5.13 Å². The Morgan fingerprint density at radius 3 is 2.84 bits per heavy atom. The van der Waals surface area contributed by atoms with Gasteiger partial charge in [-0.2, -0.15) is 5.10 Å². The van der Waals surface area contributed by atoms with Gasteiger partial charge in [0.25, 0.3) is 5.56 Å². The molecule has 1 N–H and O–H groups in total. The first-order valence-electron chi connectivity index (χ1n) is 6.32. The summed E-state index contributed by atoms with van der Waals surface area (Å²) in [6.45, 7) is 6.63. The minimum absolute atomic E-state index is 0.103. The van der Waals surface area contributed by atoms with Crippen LogP contribution in [0.2, 0.25) is 0 Å². The van der Waals surface area contributed by atoms with Crippen LogP contribution < -0.4 is 10.9 Å². The predicted octanol–water partition coefficient (Wildman–Crippen LogP) is 1.99. The molecule has 1 unspecified atom stereocenters. The van der Waals surface area contributed by atoms with E-state index in [-0.39, 0.29) is 5.56 Å². The summed E-state index contributed by atoms with van der Waals surface area (Å²) in [5, 5.41) is 17.2. The van der Waals surface area contributed by atoms with Gasteiger partial charge in [0, 0.05) is 18.7 Å². The summed E-state index contributed by atoms with van der Waals surface area (Å²) in [7, 11) is 0. The van der Waals surface area contributed by atoms with Crippen molar-refractivity contribution in [2.75, 3.05) is 5.32 Å². The second-order valence-corrected chi connectivity index (χ2v) is 5.22. The third-order valence-corrected chi connectivity index (χ3v) is 3.67. The van der Waals surface area contributed by atoms with Crippen molar-refractivity contribution in [3.63, 3.8) is 0 Å². The van der Waals surface area contributed by atoms with E-state index in [1.807, 2.05) is 6.92 Å². The molecule has 0 aromatic carbocycles. The van der Waals surface area contributed by atoms with Crippen LogP contribution in [-0.2, 0) is 6.54 Å². The maximum atomic E-state index is 11.5. The highest BCUT2D eigenvalue weighted by Gasteiger charge is 2.10. The zero-order valence-corrected chi connectivity index (χ0v) is 12.1. The van der Waals surface area contributed by atoms with E-state index in [4.69, 9.17) is 0 Å². The lowest BCUT2D eigenvalue weighted by molar-refractivity contribution is 0.618. The van der Waals surface area contributed by atoms with Gasteiger partial charge in [0.2, 0.25) is 5.13 Å². The molecule has 6 nitrogen and oxygen atoms in total. The van der Waals surface area contributed by atoms with Gasteiger partial charge in [0.15, 0.2) is 5.01 Å². The summed E-state index contributed by atoms with van der Waals surface area (Å²) in [5.41, 5.74) is 0.574. The summed E-state index contributed by atoms with van der Waals surface area (Å²) in [6.07, 6.45) is 1.02. The molecule has 0 amide bonds. The lowest BCUT2D eigenvalue weighted by Crippen LogP contribution is -2.20. The van der Waals surface area contributed by atoms with Crippen molar-refractivity contribution < 1.29 is 0 Å². The molecule has 0 fully saturated rings. The molecule has 102 valence electrons. The van der Waals surface area contributed by atoms with Gasteiger partial charge in [-0.1, -0.05) is 18.3 Å². The molecule has 2 aromatic heterocycles. The van der Waals surface area contributed by atoms with Crippen LogP contribution in [0.25, 0.3) is 10.7 Å². The summed E-state index contributed by atoms with van der Waals surface area (Å²) in [4.78, 5) is 11.5. The molecular weight excluding hydrogens is 262 g/mol. The molecule has 19 heavy (non-hydrogen) atoms. The van der Waals surface area contributed by atoms with Crippen molar-refractivity contribution in [3.8, 4) is 10.7 Å². The van der Waals surface area contributed by atoms with E-state index in [0.717, 1.165) is 11.6 Å². The van der Waals surface area contributed by atoms with Crippen molar-refractivity contribution in [3.05, 3.63) is 22.5 Å². The Hall–Kier alpha value is -1.76. The molecule has 0 saturated carbocycles. The summed E-state index contributed by atoms with van der Waals surface area (Å²) < 4.78 is 1.42. The topological polar surface area (TPSA) is 72.7 Å². The van der Waals surface area contributed by atoms with Crippen molar-refractivity contribution >= 4 is 16.5 Å². The molecule has 0 aliphatic carbocycles. The lowest BCUT2D eigenvalue weighted by Gasteiger charge is -2.07. The lowest BCUT2D eigenvalue weighted by atomic mass is 10.3. The second-order valence-electron chi connectivity index (χ2n) is 4.24. The fraction of sp³-hybridized carbons (Fsp3) is 0.500. The minimum Gasteiger partial charge on any atom is -0.358 e. The van der Waals surface area contributed by atoms with E-state index in [1.165, 1.54) is 22.1 Å². The molecule has 0 aliphatic heterocycles. The average molecular weight is 279 g/mol. The molecule has 0 aliphatic rings. The maximum absolute atomic E-state index is 11.5. The number of hydrogen-bond acceptors (Lipinski definition) is 6. The van der Waals surface area contributed by atoms with E-state index < -0.39 is 0 Å². The third-order valence-electron chi connectivity index (χ3n) is 2.79. The summed E-state index contributed by atoms with van der Waals surface area (Å²) in [5.74, 6) is 0. The van der Waals surface area contributed by atoms with Crippen LogP contribution in [0.1, 0.15) is 27.2 Å². The van der Waals surface area contributed by atoms with Crippen LogP contribution in [0.3, 0.4) is 0 Å². The third kappa shape index (κ3) is 3.17. The summed E-state index contributed by atoms with van der Waals surface area (Å²) in [6, 6.07) is 3.55. The van der Waals surface area contributed by atoms with Crippen LogP contribution in [0.15, 0.2) is 16.9 Å². The Balaban J connectivity index is 2.25. The number of anilines is 1. The van der Waals surface area contributed by atoms with Gasteiger partial charge in [-0.15, -0.1) is 10.2 Å². The molecule has 1 atom stereocenters. The number of rotatable bonds is 5. The van der Waals surface area contributed by atoms with E-state index in [2.05, 4.69) is 34.5 Å². The zero-order valence-electron chi connectivity index (χ0n) is 11.3. The summed E-state index contributed by atoms with van der Waals surface area (Å²) >= 11 is 1.44. The van der Waals surface area contributed by atoms with Gasteiger partial charge in [-0.05, 0) is 26.3 Å². The van der Waals surface area contributed by atoms with E-state index in [1.54, 1.807) is 6.07 Å². The molecule has 0 saturated heterocycles. The highest BCUT2D eigenvalue weighted by Crippen LogP contribution is 2.24. The number of aromatic nitrogens is 4. The number of aryl methyl sites for hydroxylation is 1. The van der Waals surface area contributed by atoms with Crippen molar-refractivity contribution in [2.24, 2.45) is 0 Å². The number of nitrogens with one attached hydrogen (secondary N) is 1. The van der Waals surface area contributed by atoms with Crippen LogP contribution >= 0.6 is 11.3 Å². The molecule has 2 heterocycles. The van der Waals surface area contributed by atoms with Gasteiger partial charge in [-0.3, -0.25) is 4.79 Å². The van der Waals surface area contributed by atoms with Crippen molar-refractivity contribution in [1.82, 2.24) is 20.0 Å². The SMILES string of the molecule is CCC(C)Nc1nnc(-c2ccc(=O)n(CC)n2)s1. The minimum atomic E-state index is -0.103. The average Bonchev–Trinajstić information content (AvgIpc) is 2.87. The standard InChI is InChI=1S/C12H17N5OS/c1-4-8(3)13-12-15-14-11(19-12)9-6-7-10(18)17(5-2)16-9/h6-8H,4-5H2,1-3H3,(H,13,15). The first-order valence-corrected chi connectivity index (χ1v) is 7.14. The van der Waals surface area contributed by atoms with E-state index >= 15 is 0 Å². The Labute approximate surface area is 115 Å². The van der Waals surface area contributed by atoms with E-state index in [0.29, 0.717) is 23.3 Å². The highest BCUT2D eigenvalue weighted by molar-refractivity contribution is 7.18. The number of hydrogen-bond donors (Lipinski definition) is 1. The fourth-order valence-electron chi connectivity index (χ4n) is 1.49. The first-order chi connectivity index (χ1) is 9.13. The Kier molecular flexibility index (Phi) is 4.26. The van der Waals surface area contributed by atoms with Gasteiger partial charge in [0.1, 0.15) is 5.69 Å². The predicted molar refractivity (Wildman–Crippen MR) is 76.4 cm³/mol. The second kappa shape index (κ2) is 5.92. The Morgan fingerprint density at radius 2 is 2.16 bits per heavy atom. The molecule has 0 bridgehead atoms. The smallest absolute Gasteiger partial charge is 0.266 e. The van der Waals surface area contributed by atoms with Crippen molar-refractivity contribution in [1.29, 1.82) is 0 Å². The zero-order chi connectivity index (χ0) is 13.8. The Morgan fingerprint density at radius 1 is 1.37 bits per heavy atom. The molecule has 2 aromatic rings. The molecule has 7 heteroatoms. The molecule has 2 rings (SSSR count). The van der Waals surface area contributed by atoms with Gasteiger partial charge >= 0.3 is 0 Å². The fourth-order valence-corrected chi connectivity index (χ4v) is 2.31. The Bertz CT molecular complexity index is 606. The highest BCUT2D eigenvalue weighted by atomic mass is 32.1. The monoisotopic (exact) mass is 279 g/mol. The van der Waals surface area contributed by atoms with Crippen LogP contribution in [0.5, 0.6) is 0 Å². The maximum Gasteiger partial charge on any atom is 0.266 e. The van der Waals surface area contributed by atoms with Crippen LogP contribution in [-0.4, -0.2) is 26.0 Å². The molecule has 0 radical (unpaired) electrons. The van der Waals surface area contributed by atoms with Gasteiger partial charge < -0.3 is 5.32 Å². The van der Waals surface area contributed by atoms with E-state index in [9.17, 15) is 4.79 Å². The first kappa shape index (κ1) is 13.7. The van der Waals surface area contributed by atoms with Gasteiger partial charge in [-0.25, -0.2) is 4.68 Å². The van der Waals surface area contributed by atoms with Crippen LogP contribution in [0, 0.1) is 0 Å². The molecule has 0 spiro atoms. The van der Waals surface area contributed by atoms with Crippen molar-refractivity contribution in [2.45, 2.75) is 39.8 Å². The molecular formula is C12H17N5OS. The number of nitrogens with zero attached hydrogens (tertiary/aromatic N) is 4. The normalized spacial score (nSPS) is 12.4. The van der Waals surface area contributed by atoms with Gasteiger partial charge in [0.05, 0.1) is 0 Å². The quantitative estimate of drug-likeness (QED) is 0.906. The largest absolute Gasteiger partial charge is 0.358 e.